The second kappa shape index (κ2) is 9.96. The smallest absolute Gasteiger partial charge is 0.407 e. The first-order valence-corrected chi connectivity index (χ1v) is 12.9. The molecule has 2 amide bonds. The van der Waals surface area contributed by atoms with Crippen LogP contribution in [0.1, 0.15) is 5.69 Å². The molecule has 2 aliphatic heterocycles. The molecular weight excluding hydrogens is 536 g/mol. The number of rotatable bonds is 9. The first kappa shape index (κ1) is 24.6. The molecule has 3 atom stereocenters. The number of carbonyl (C=O) groups excluding carboxylic acids is 2. The van der Waals surface area contributed by atoms with Gasteiger partial charge in [0.2, 0.25) is 5.91 Å². The summed E-state index contributed by atoms with van der Waals surface area (Å²) in [6, 6.07) is -0.993. The topological polar surface area (TPSA) is 173 Å². The van der Waals surface area contributed by atoms with Gasteiger partial charge in [0.15, 0.2) is 10.8 Å². The number of fused-ring (bicyclic) bond motifs is 1. The maximum Gasteiger partial charge on any atom is 0.407 e. The molecule has 4 heterocycles. The number of nitrogen functional groups attached to an aromatic ring is 1. The molecule has 4 N–H and O–H groups in total. The lowest BCUT2D eigenvalue weighted by Crippen LogP contribution is -2.74. The third kappa shape index (κ3) is 4.93. The molecule has 34 heavy (non-hydrogen) atoms. The van der Waals surface area contributed by atoms with Crippen molar-refractivity contribution in [1.29, 1.82) is 0 Å². The van der Waals surface area contributed by atoms with Gasteiger partial charge in [0.25, 0.3) is 5.91 Å². The number of amides is 2. The minimum Gasteiger partial charge on any atom is -0.481 e. The highest BCUT2D eigenvalue weighted by atomic mass is 32.2. The molecule has 0 aromatic carbocycles. The zero-order valence-corrected chi connectivity index (χ0v) is 20.1. The van der Waals surface area contributed by atoms with Gasteiger partial charge in [-0.15, -0.1) is 34.9 Å². The fourth-order valence-corrected chi connectivity index (χ4v) is 7.03. The van der Waals surface area contributed by atoms with Crippen LogP contribution in [0.3, 0.4) is 0 Å². The van der Waals surface area contributed by atoms with Crippen LogP contribution < -0.4 is 11.1 Å². The summed E-state index contributed by atoms with van der Waals surface area (Å²) in [6.07, 6.45) is 1.54. The Hall–Kier alpha value is -2.57. The van der Waals surface area contributed by atoms with Crippen LogP contribution in [0.25, 0.3) is 0 Å². The second-order valence-corrected chi connectivity index (χ2v) is 10.7. The number of thiazole rings is 1. The molecule has 2 fully saturated rings. The van der Waals surface area contributed by atoms with Crippen LogP contribution in [-0.4, -0.2) is 83.3 Å². The largest absolute Gasteiger partial charge is 0.481 e. The predicted molar refractivity (Wildman–Crippen MR) is 121 cm³/mol. The number of alkyl halides is 2. The third-order valence-corrected chi connectivity index (χ3v) is 8.97. The van der Waals surface area contributed by atoms with Gasteiger partial charge in [-0.05, 0) is 0 Å². The number of aliphatic carboxylic acids is 1. The van der Waals surface area contributed by atoms with Gasteiger partial charge in [-0.25, -0.2) is 4.98 Å². The van der Waals surface area contributed by atoms with E-state index in [1.165, 1.54) is 40.0 Å². The van der Waals surface area contributed by atoms with Crippen LogP contribution in [0.15, 0.2) is 21.8 Å². The molecule has 18 heteroatoms. The number of carboxylic acid groups (broad SMARTS) is 1. The zero-order valence-electron chi connectivity index (χ0n) is 16.8. The molecule has 182 valence electrons. The van der Waals surface area contributed by atoms with Gasteiger partial charge in [0.05, 0.1) is 17.9 Å². The van der Waals surface area contributed by atoms with Crippen molar-refractivity contribution < 1.29 is 33.1 Å². The molecule has 4 rings (SSSR count). The summed E-state index contributed by atoms with van der Waals surface area (Å²) < 4.78 is 32.9. The summed E-state index contributed by atoms with van der Waals surface area (Å²) in [5, 5.41) is 17.0. The van der Waals surface area contributed by atoms with Crippen LogP contribution in [0.5, 0.6) is 0 Å². The van der Waals surface area contributed by atoms with Gasteiger partial charge in [0, 0.05) is 23.4 Å². The lowest BCUT2D eigenvalue weighted by molar-refractivity contribution is -0.157. The number of carboxylic acids is 1. The third-order valence-electron chi connectivity index (χ3n) is 4.93. The Labute approximate surface area is 206 Å². The first-order chi connectivity index (χ1) is 16.2. The molecule has 0 spiro atoms. The van der Waals surface area contributed by atoms with Gasteiger partial charge in [0.1, 0.15) is 27.6 Å². The van der Waals surface area contributed by atoms with E-state index in [1.807, 2.05) is 0 Å². The monoisotopic (exact) mass is 551 g/mol. The number of nitrogens with one attached hydrogen (secondary N) is 1. The van der Waals surface area contributed by atoms with Crippen molar-refractivity contribution in [3.05, 3.63) is 17.3 Å². The molecule has 0 bridgehead atoms. The van der Waals surface area contributed by atoms with Crippen molar-refractivity contribution in [3.63, 3.8) is 0 Å². The van der Waals surface area contributed by atoms with Crippen molar-refractivity contribution in [3.8, 4) is 0 Å². The number of nitrogens with two attached hydrogens (primary N) is 1. The van der Waals surface area contributed by atoms with E-state index in [4.69, 9.17) is 5.73 Å². The Morgan fingerprint density at radius 1 is 1.50 bits per heavy atom. The van der Waals surface area contributed by atoms with E-state index in [0.29, 0.717) is 5.03 Å². The van der Waals surface area contributed by atoms with Crippen LogP contribution in [-0.2, 0) is 19.2 Å². The average Bonchev–Trinajstić information content (AvgIpc) is 3.47. The van der Waals surface area contributed by atoms with Crippen molar-refractivity contribution in [2.24, 2.45) is 10.6 Å². The van der Waals surface area contributed by atoms with Crippen molar-refractivity contribution in [2.75, 3.05) is 23.8 Å². The molecule has 2 aliphatic rings. The number of anilines is 1. The molecule has 0 saturated carbocycles. The highest BCUT2D eigenvalue weighted by Crippen LogP contribution is 2.44. The van der Waals surface area contributed by atoms with Gasteiger partial charge in [-0.2, -0.15) is 17.5 Å². The van der Waals surface area contributed by atoms with Gasteiger partial charge in [-0.1, -0.05) is 5.16 Å². The van der Waals surface area contributed by atoms with Crippen LogP contribution in [0.2, 0.25) is 0 Å². The SMILES string of the molecule is Nc1nc(C(=NOC(F)F)C(=O)NC2C(=O)N3CC(CSc4cnsn4)(C(=O)O)CS[C@H]23)cs1. The quantitative estimate of drug-likeness (QED) is 0.174. The summed E-state index contributed by atoms with van der Waals surface area (Å²) in [7, 11) is 0. The Balaban J connectivity index is 1.43. The Morgan fingerprint density at radius 2 is 2.29 bits per heavy atom. The fraction of sp³-hybridized carbons (Fsp3) is 0.438. The number of hydrogen-bond acceptors (Lipinski definition) is 13. The molecule has 2 aromatic heterocycles. The molecule has 2 saturated heterocycles. The normalized spacial score (nSPS) is 24.5. The molecule has 0 aliphatic carbocycles. The van der Waals surface area contributed by atoms with E-state index in [1.54, 1.807) is 0 Å². The number of carbonyl (C=O) groups is 3. The van der Waals surface area contributed by atoms with Crippen LogP contribution >= 0.6 is 46.6 Å². The summed E-state index contributed by atoms with van der Waals surface area (Å²) in [5.74, 6) is -2.13. The zero-order chi connectivity index (χ0) is 24.5. The number of hydrogen-bond donors (Lipinski definition) is 3. The lowest BCUT2D eigenvalue weighted by atomic mass is 9.89. The van der Waals surface area contributed by atoms with E-state index in [-0.39, 0.29) is 28.9 Å². The number of thioether (sulfide) groups is 2. The Bertz CT molecular complexity index is 1120. The standard InChI is InChI=1S/C16H15F2N7O5S4/c17-14(18)30-23-8(6-2-31-15(19)21-6)10(26)22-9-11(27)25-3-16(13(28)29,5-33-12(9)25)4-32-7-1-20-34-24-7/h1-2,9,12,14H,3-5H2,(H2,19,21)(H,22,26)(H,28,29)/t9?,12-,16?/m1/s1. The van der Waals surface area contributed by atoms with Crippen molar-refractivity contribution >= 4 is 75.2 Å². The summed E-state index contributed by atoms with van der Waals surface area (Å²) >= 11 is 4.42. The number of nitrogens with zero attached hydrogens (tertiary/aromatic N) is 5. The number of halogens is 2. The van der Waals surface area contributed by atoms with E-state index in [9.17, 15) is 28.3 Å². The summed E-state index contributed by atoms with van der Waals surface area (Å²) in [5.41, 5.74) is 3.68. The van der Waals surface area contributed by atoms with Gasteiger partial charge >= 0.3 is 12.6 Å². The number of aromatic nitrogens is 3. The van der Waals surface area contributed by atoms with Crippen LogP contribution in [0.4, 0.5) is 13.9 Å². The van der Waals surface area contributed by atoms with Gasteiger partial charge in [-0.3, -0.25) is 14.4 Å². The first-order valence-electron chi connectivity index (χ1n) is 9.30. The molecule has 12 nitrogen and oxygen atoms in total. The number of oxime groups is 1. The highest BCUT2D eigenvalue weighted by Gasteiger charge is 2.57. The molecule has 2 unspecified atom stereocenters. The van der Waals surface area contributed by atoms with Crippen LogP contribution in [0, 0.1) is 5.41 Å². The lowest BCUT2D eigenvalue weighted by Gasteiger charge is -2.53. The predicted octanol–water partition coefficient (Wildman–Crippen LogP) is 0.783. The molecule has 0 radical (unpaired) electrons. The molecule has 2 aromatic rings. The summed E-state index contributed by atoms with van der Waals surface area (Å²) in [6.45, 7) is -3.32. The Kier molecular flexibility index (Phi) is 7.20. The van der Waals surface area contributed by atoms with E-state index in [2.05, 4.69) is 29.0 Å². The second-order valence-electron chi connectivity index (χ2n) is 7.12. The molecular formula is C16H15F2N7O5S4. The Morgan fingerprint density at radius 3 is 2.91 bits per heavy atom. The minimum absolute atomic E-state index is 0.0478. The van der Waals surface area contributed by atoms with Crippen molar-refractivity contribution in [1.82, 2.24) is 23.9 Å². The van der Waals surface area contributed by atoms with Crippen molar-refractivity contribution in [2.45, 2.75) is 23.1 Å². The van der Waals surface area contributed by atoms with E-state index < -0.39 is 46.9 Å². The average molecular weight is 552 g/mol. The van der Waals surface area contributed by atoms with E-state index in [0.717, 1.165) is 23.1 Å². The summed E-state index contributed by atoms with van der Waals surface area (Å²) in [4.78, 5) is 46.7. The number of β-lactam (4-membered cyclic amide) rings is 1. The van der Waals surface area contributed by atoms with Gasteiger partial charge < -0.3 is 25.9 Å². The maximum atomic E-state index is 12.8. The maximum absolute atomic E-state index is 12.8. The van der Waals surface area contributed by atoms with E-state index >= 15 is 0 Å². The minimum atomic E-state index is -3.27. The highest BCUT2D eigenvalue weighted by molar-refractivity contribution is 8.00. The fourth-order valence-electron chi connectivity index (χ4n) is 3.24.